The summed E-state index contributed by atoms with van der Waals surface area (Å²) in [5.41, 5.74) is 2.64. The smallest absolute Gasteiger partial charge is 0.189 e. The van der Waals surface area contributed by atoms with E-state index in [1.165, 1.54) is 0 Å². The second-order valence-corrected chi connectivity index (χ2v) is 5.62. The van der Waals surface area contributed by atoms with Crippen molar-refractivity contribution < 1.29 is 28.5 Å². The van der Waals surface area contributed by atoms with E-state index >= 15 is 0 Å². The number of carbonyl (C=O) groups excluding carboxylic acids is 1. The Morgan fingerprint density at radius 3 is 2.19 bits per heavy atom. The van der Waals surface area contributed by atoms with Crippen LogP contribution in [0.4, 0.5) is 0 Å². The van der Waals surface area contributed by atoms with Crippen LogP contribution in [-0.4, -0.2) is 34.1 Å². The molecule has 0 atom stereocenters. The molecule has 0 aliphatic carbocycles. The fourth-order valence-corrected chi connectivity index (χ4v) is 2.40. The molecule has 140 valence electrons. The van der Waals surface area contributed by atoms with Gasteiger partial charge in [-0.05, 0) is 42.3 Å². The van der Waals surface area contributed by atoms with Gasteiger partial charge in [0.15, 0.2) is 13.6 Å². The summed E-state index contributed by atoms with van der Waals surface area (Å²) >= 11 is 0. The topological polar surface area (TPSA) is 63.2 Å². The van der Waals surface area contributed by atoms with Crippen LogP contribution in [0, 0.1) is 6.92 Å². The summed E-state index contributed by atoms with van der Waals surface area (Å²) in [5, 5.41) is 0. The van der Waals surface area contributed by atoms with Crippen molar-refractivity contribution in [1.82, 2.24) is 0 Å². The molecule has 0 heterocycles. The molecule has 0 fully saturated rings. The third kappa shape index (κ3) is 5.75. The zero-order chi connectivity index (χ0) is 18.8. The first-order chi connectivity index (χ1) is 12.7. The number of aldehydes is 1. The molecule has 2 rings (SSSR count). The fourth-order valence-electron chi connectivity index (χ4n) is 2.40. The molecule has 0 unspecified atom stereocenters. The second kappa shape index (κ2) is 10.4. The highest BCUT2D eigenvalue weighted by Crippen LogP contribution is 2.31. The summed E-state index contributed by atoms with van der Waals surface area (Å²) in [6, 6.07) is 11.3. The van der Waals surface area contributed by atoms with E-state index in [-0.39, 0.29) is 20.0 Å². The Bertz CT molecular complexity index is 696. The van der Waals surface area contributed by atoms with Gasteiger partial charge in [0.25, 0.3) is 0 Å². The highest BCUT2D eigenvalue weighted by molar-refractivity contribution is 5.62. The normalized spacial score (nSPS) is 10.4. The first kappa shape index (κ1) is 19.8. The molecule has 2 aromatic rings. The van der Waals surface area contributed by atoms with Crippen LogP contribution >= 0.6 is 0 Å². The van der Waals surface area contributed by atoms with Gasteiger partial charge in [0.05, 0.1) is 13.7 Å². The van der Waals surface area contributed by atoms with Gasteiger partial charge in [-0.1, -0.05) is 12.1 Å². The van der Waals surface area contributed by atoms with E-state index in [2.05, 4.69) is 0 Å². The zero-order valence-corrected chi connectivity index (χ0v) is 15.3. The highest BCUT2D eigenvalue weighted by Gasteiger charge is 2.12. The van der Waals surface area contributed by atoms with Gasteiger partial charge in [-0.2, -0.15) is 0 Å². The average Bonchev–Trinajstić information content (AvgIpc) is 2.66. The Labute approximate surface area is 153 Å². The highest BCUT2D eigenvalue weighted by atomic mass is 16.7. The van der Waals surface area contributed by atoms with Gasteiger partial charge in [-0.25, -0.2) is 0 Å². The van der Waals surface area contributed by atoms with Crippen LogP contribution in [0.3, 0.4) is 0 Å². The van der Waals surface area contributed by atoms with Crippen LogP contribution in [0.25, 0.3) is 0 Å². The minimum Gasteiger partial charge on any atom is -0.497 e. The van der Waals surface area contributed by atoms with Gasteiger partial charge in [-0.3, -0.25) is 0 Å². The SMILES string of the molecule is COCOc1cc(C)cc(OCOCc2ccc(OC)cc2)c1CC=O. The molecule has 0 bridgehead atoms. The lowest BCUT2D eigenvalue weighted by atomic mass is 10.1. The van der Waals surface area contributed by atoms with Crippen molar-refractivity contribution in [3.05, 3.63) is 53.1 Å². The quantitative estimate of drug-likeness (QED) is 0.348. The summed E-state index contributed by atoms with van der Waals surface area (Å²) in [5.74, 6) is 1.94. The maximum atomic E-state index is 11.0. The van der Waals surface area contributed by atoms with E-state index in [1.807, 2.05) is 43.3 Å². The van der Waals surface area contributed by atoms with Crippen molar-refractivity contribution in [1.29, 1.82) is 0 Å². The average molecular weight is 360 g/mol. The molecule has 0 radical (unpaired) electrons. The molecule has 0 saturated heterocycles. The number of ether oxygens (including phenoxy) is 5. The van der Waals surface area contributed by atoms with Gasteiger partial charge in [0, 0.05) is 19.1 Å². The number of hydrogen-bond acceptors (Lipinski definition) is 6. The third-order valence-corrected chi connectivity index (χ3v) is 3.66. The van der Waals surface area contributed by atoms with Crippen molar-refractivity contribution >= 4 is 6.29 Å². The van der Waals surface area contributed by atoms with Gasteiger partial charge >= 0.3 is 0 Å². The standard InChI is InChI=1S/C20H24O6/c1-15-10-19(25-13-22-2)18(8-9-21)20(11-15)26-14-24-12-16-4-6-17(23-3)7-5-16/h4-7,9-11H,8,12-14H2,1-3H3. The molecular weight excluding hydrogens is 336 g/mol. The molecule has 6 heteroatoms. The number of hydrogen-bond donors (Lipinski definition) is 0. The van der Waals surface area contributed by atoms with Crippen molar-refractivity contribution in [2.24, 2.45) is 0 Å². The van der Waals surface area contributed by atoms with Crippen LogP contribution < -0.4 is 14.2 Å². The number of aryl methyl sites for hydroxylation is 1. The van der Waals surface area contributed by atoms with Crippen LogP contribution in [0.15, 0.2) is 36.4 Å². The molecule has 0 aliphatic heterocycles. The van der Waals surface area contributed by atoms with Crippen molar-refractivity contribution in [2.75, 3.05) is 27.8 Å². The number of rotatable bonds is 11. The first-order valence-electron chi connectivity index (χ1n) is 8.20. The molecule has 0 aliphatic rings. The van der Waals surface area contributed by atoms with Crippen molar-refractivity contribution in [3.8, 4) is 17.2 Å². The largest absolute Gasteiger partial charge is 0.497 e. The molecule has 0 aromatic heterocycles. The molecule has 6 nitrogen and oxygen atoms in total. The summed E-state index contributed by atoms with van der Waals surface area (Å²) in [4.78, 5) is 11.0. The van der Waals surface area contributed by atoms with E-state index in [1.54, 1.807) is 14.2 Å². The van der Waals surface area contributed by atoms with Gasteiger partial charge < -0.3 is 28.5 Å². The Balaban J connectivity index is 1.98. The lowest BCUT2D eigenvalue weighted by Gasteiger charge is -2.16. The van der Waals surface area contributed by atoms with Gasteiger partial charge in [0.2, 0.25) is 0 Å². The van der Waals surface area contributed by atoms with Crippen LogP contribution in [0.5, 0.6) is 17.2 Å². The molecule has 0 saturated carbocycles. The maximum Gasteiger partial charge on any atom is 0.189 e. The maximum absolute atomic E-state index is 11.0. The number of methoxy groups -OCH3 is 2. The summed E-state index contributed by atoms with van der Waals surface area (Å²) in [6.07, 6.45) is 1.00. The van der Waals surface area contributed by atoms with E-state index in [9.17, 15) is 4.79 Å². The molecule has 26 heavy (non-hydrogen) atoms. The van der Waals surface area contributed by atoms with Crippen molar-refractivity contribution in [2.45, 2.75) is 20.0 Å². The first-order valence-corrected chi connectivity index (χ1v) is 8.20. The fraction of sp³-hybridized carbons (Fsp3) is 0.350. The second-order valence-electron chi connectivity index (χ2n) is 5.62. The Morgan fingerprint density at radius 1 is 0.962 bits per heavy atom. The Morgan fingerprint density at radius 2 is 1.62 bits per heavy atom. The minimum atomic E-state index is 0.0606. The molecule has 0 amide bonds. The Hall–Kier alpha value is -2.57. The van der Waals surface area contributed by atoms with E-state index in [4.69, 9.17) is 23.7 Å². The van der Waals surface area contributed by atoms with Gasteiger partial charge in [-0.15, -0.1) is 0 Å². The van der Waals surface area contributed by atoms with E-state index in [0.717, 1.165) is 23.2 Å². The molecule has 2 aromatic carbocycles. The van der Waals surface area contributed by atoms with Crippen LogP contribution in [0.1, 0.15) is 16.7 Å². The summed E-state index contributed by atoms with van der Waals surface area (Å²) in [6.45, 7) is 2.50. The van der Waals surface area contributed by atoms with E-state index in [0.29, 0.717) is 23.7 Å². The predicted octanol–water partition coefficient (Wildman–Crippen LogP) is 3.28. The predicted molar refractivity (Wildman–Crippen MR) is 96.7 cm³/mol. The molecule has 0 spiro atoms. The molecular formula is C20H24O6. The van der Waals surface area contributed by atoms with Crippen molar-refractivity contribution in [3.63, 3.8) is 0 Å². The minimum absolute atomic E-state index is 0.0606. The Kier molecular flexibility index (Phi) is 7.92. The number of benzene rings is 2. The van der Waals surface area contributed by atoms with Crippen LogP contribution in [-0.2, 0) is 27.3 Å². The lowest BCUT2D eigenvalue weighted by molar-refractivity contribution is -0.107. The number of carbonyl (C=O) groups is 1. The summed E-state index contributed by atoms with van der Waals surface area (Å²) < 4.78 is 26.9. The summed E-state index contributed by atoms with van der Waals surface area (Å²) in [7, 11) is 3.17. The monoisotopic (exact) mass is 360 g/mol. The lowest BCUT2D eigenvalue weighted by Crippen LogP contribution is -2.08. The molecule has 0 N–H and O–H groups in total. The van der Waals surface area contributed by atoms with E-state index < -0.39 is 0 Å². The van der Waals surface area contributed by atoms with Crippen LogP contribution in [0.2, 0.25) is 0 Å². The third-order valence-electron chi connectivity index (χ3n) is 3.66. The van der Waals surface area contributed by atoms with Gasteiger partial charge in [0.1, 0.15) is 23.5 Å². The zero-order valence-electron chi connectivity index (χ0n) is 15.3.